The van der Waals surface area contributed by atoms with Crippen molar-refractivity contribution in [2.45, 2.75) is 58.8 Å². The standard InChI is InChI=1S/C13H18O3.C13H16O3.CH4.H4P2/c2*14-9-3-1-2-4-10-16-13-7-5-12(11-15)6-8-13;;1-2/h5-8,11,14H,1-4,9-10H2;5-9,11H,1-4,10H2;1H4;1-2H2. The molecule has 0 saturated heterocycles. The molecule has 0 aliphatic heterocycles. The summed E-state index contributed by atoms with van der Waals surface area (Å²) >= 11 is 0. The van der Waals surface area contributed by atoms with E-state index in [4.69, 9.17) is 14.6 Å². The molecule has 35 heavy (non-hydrogen) atoms. The number of hydrogen-bond donors (Lipinski definition) is 1. The summed E-state index contributed by atoms with van der Waals surface area (Å²) in [4.78, 5) is 30.9. The first-order valence-electron chi connectivity index (χ1n) is 11.5. The van der Waals surface area contributed by atoms with E-state index in [0.29, 0.717) is 30.8 Å². The van der Waals surface area contributed by atoms with E-state index < -0.39 is 0 Å². The fourth-order valence-electron chi connectivity index (χ4n) is 2.74. The molecule has 0 aromatic heterocycles. The number of unbranched alkanes of at least 4 members (excludes halogenated alkanes) is 6. The van der Waals surface area contributed by atoms with Gasteiger partial charge in [0.05, 0.1) is 13.2 Å². The van der Waals surface area contributed by atoms with Gasteiger partial charge in [-0.15, -0.1) is 17.9 Å². The summed E-state index contributed by atoms with van der Waals surface area (Å²) in [6, 6.07) is 14.1. The molecule has 2 atom stereocenters. The zero-order valence-electron chi connectivity index (χ0n) is 19.8. The van der Waals surface area contributed by atoms with Crippen molar-refractivity contribution in [1.82, 2.24) is 0 Å². The summed E-state index contributed by atoms with van der Waals surface area (Å²) in [6.07, 6.45) is 10.1. The van der Waals surface area contributed by atoms with Crippen LogP contribution in [0.2, 0.25) is 0 Å². The lowest BCUT2D eigenvalue weighted by Crippen LogP contribution is -1.97. The predicted octanol–water partition coefficient (Wildman–Crippen LogP) is 6.36. The van der Waals surface area contributed by atoms with Crippen LogP contribution in [0.1, 0.15) is 79.5 Å². The summed E-state index contributed by atoms with van der Waals surface area (Å²) in [6.45, 7) is 1.61. The highest BCUT2D eigenvalue weighted by molar-refractivity contribution is 7.92. The number of benzene rings is 2. The topological polar surface area (TPSA) is 89.9 Å². The van der Waals surface area contributed by atoms with E-state index >= 15 is 0 Å². The Kier molecular flexibility index (Phi) is 26.5. The predicted molar refractivity (Wildman–Crippen MR) is 151 cm³/mol. The van der Waals surface area contributed by atoms with Gasteiger partial charge in [-0.3, -0.25) is 9.59 Å². The average molecular weight is 525 g/mol. The Balaban J connectivity index is 0. The Bertz CT molecular complexity index is 751. The zero-order valence-corrected chi connectivity index (χ0v) is 22.1. The molecule has 0 saturated carbocycles. The van der Waals surface area contributed by atoms with Gasteiger partial charge in [-0.25, -0.2) is 0 Å². The van der Waals surface area contributed by atoms with Crippen LogP contribution in [-0.2, 0) is 4.79 Å². The van der Waals surface area contributed by atoms with Gasteiger partial charge in [0.2, 0.25) is 0 Å². The lowest BCUT2D eigenvalue weighted by atomic mass is 10.2. The molecule has 2 aromatic carbocycles. The summed E-state index contributed by atoms with van der Waals surface area (Å²) in [5.41, 5.74) is 1.31. The minimum Gasteiger partial charge on any atom is -0.494 e. The molecule has 0 spiro atoms. The van der Waals surface area contributed by atoms with Crippen molar-refractivity contribution in [3.8, 4) is 11.5 Å². The number of carbonyl (C=O) groups excluding carboxylic acids is 3. The first-order chi connectivity index (χ1) is 16.7. The summed E-state index contributed by atoms with van der Waals surface area (Å²) < 4.78 is 11.0. The van der Waals surface area contributed by atoms with Gasteiger partial charge >= 0.3 is 0 Å². The van der Waals surface area contributed by atoms with Crippen LogP contribution in [0.5, 0.6) is 11.5 Å². The lowest BCUT2D eigenvalue weighted by molar-refractivity contribution is -0.107. The van der Waals surface area contributed by atoms with E-state index in [2.05, 4.69) is 17.9 Å². The highest BCUT2D eigenvalue weighted by Crippen LogP contribution is 2.13. The summed E-state index contributed by atoms with van der Waals surface area (Å²) in [5.74, 6) is 1.58. The molecule has 2 aromatic rings. The summed E-state index contributed by atoms with van der Waals surface area (Å²) in [5, 5.41) is 8.59. The molecule has 2 rings (SSSR count). The van der Waals surface area contributed by atoms with Gasteiger partial charge in [0, 0.05) is 24.2 Å². The molecular weight excluding hydrogens is 482 g/mol. The lowest BCUT2D eigenvalue weighted by Gasteiger charge is -2.05. The quantitative estimate of drug-likeness (QED) is 0.156. The van der Waals surface area contributed by atoms with E-state index in [9.17, 15) is 14.4 Å². The molecule has 0 radical (unpaired) electrons. The maximum atomic E-state index is 10.4. The second-order valence-corrected chi connectivity index (χ2v) is 7.22. The Morgan fingerprint density at radius 3 is 1.40 bits per heavy atom. The number of ether oxygens (including phenoxy) is 2. The Labute approximate surface area is 215 Å². The van der Waals surface area contributed by atoms with E-state index in [1.54, 1.807) is 48.5 Å². The maximum Gasteiger partial charge on any atom is 0.150 e. The zero-order chi connectivity index (χ0) is 25.3. The van der Waals surface area contributed by atoms with Gasteiger partial charge in [-0.1, -0.05) is 13.8 Å². The Hall–Kier alpha value is -2.13. The molecule has 0 aliphatic rings. The normalized spacial score (nSPS) is 9.23. The average Bonchev–Trinajstić information content (AvgIpc) is 2.90. The molecule has 0 amide bonds. The van der Waals surface area contributed by atoms with Gasteiger partial charge in [0.1, 0.15) is 30.4 Å². The van der Waals surface area contributed by atoms with Crippen molar-refractivity contribution in [3.63, 3.8) is 0 Å². The maximum absolute atomic E-state index is 10.4. The number of rotatable bonds is 16. The highest BCUT2D eigenvalue weighted by Gasteiger charge is 1.96. The van der Waals surface area contributed by atoms with Crippen LogP contribution in [0.25, 0.3) is 0 Å². The van der Waals surface area contributed by atoms with Crippen LogP contribution >= 0.6 is 17.9 Å². The van der Waals surface area contributed by atoms with Crippen molar-refractivity contribution < 1.29 is 29.0 Å². The van der Waals surface area contributed by atoms with E-state index in [1.807, 2.05) is 0 Å². The molecule has 6 nitrogen and oxygen atoms in total. The largest absolute Gasteiger partial charge is 0.494 e. The second-order valence-electron chi connectivity index (χ2n) is 7.22. The number of hydrogen-bond acceptors (Lipinski definition) is 6. The molecule has 196 valence electrons. The monoisotopic (exact) mass is 524 g/mol. The molecule has 0 fully saturated rings. The molecule has 0 bridgehead atoms. The van der Waals surface area contributed by atoms with Crippen molar-refractivity contribution >= 4 is 36.7 Å². The molecule has 1 N–H and O–H groups in total. The van der Waals surface area contributed by atoms with E-state index in [-0.39, 0.29) is 14.0 Å². The number of aliphatic hydroxyl groups excluding tert-OH is 1. The SMILES string of the molecule is C.O=CCCCCCOc1ccc(C=O)cc1.O=Cc1ccc(OCCCCCCO)cc1.PP. The van der Waals surface area contributed by atoms with Crippen molar-refractivity contribution in [2.24, 2.45) is 0 Å². The fourth-order valence-corrected chi connectivity index (χ4v) is 2.74. The molecule has 0 aliphatic carbocycles. The number of aldehydes is 3. The van der Waals surface area contributed by atoms with Crippen LogP contribution in [0.3, 0.4) is 0 Å². The van der Waals surface area contributed by atoms with E-state index in [0.717, 1.165) is 75.3 Å². The smallest absolute Gasteiger partial charge is 0.150 e. The first-order valence-corrected chi connectivity index (χ1v) is 14.1. The van der Waals surface area contributed by atoms with Gasteiger partial charge in [0.25, 0.3) is 0 Å². The van der Waals surface area contributed by atoms with Crippen LogP contribution in [0, 0.1) is 0 Å². The first kappa shape index (κ1) is 35.0. The molecule has 2 unspecified atom stereocenters. The third-order valence-electron chi connectivity index (χ3n) is 4.59. The van der Waals surface area contributed by atoms with Crippen molar-refractivity contribution in [2.75, 3.05) is 19.8 Å². The highest BCUT2D eigenvalue weighted by atomic mass is 32.0. The molecule has 8 heteroatoms. The van der Waals surface area contributed by atoms with Crippen molar-refractivity contribution in [1.29, 1.82) is 0 Å². The van der Waals surface area contributed by atoms with Crippen molar-refractivity contribution in [3.05, 3.63) is 59.7 Å². The third kappa shape index (κ3) is 19.8. The third-order valence-corrected chi connectivity index (χ3v) is 4.59. The Morgan fingerprint density at radius 1 is 0.629 bits per heavy atom. The minimum atomic E-state index is 0. The molecule has 0 heterocycles. The summed E-state index contributed by atoms with van der Waals surface area (Å²) in [7, 11) is 4.67. The van der Waals surface area contributed by atoms with Crippen LogP contribution in [0.4, 0.5) is 0 Å². The van der Waals surface area contributed by atoms with E-state index in [1.165, 1.54) is 0 Å². The van der Waals surface area contributed by atoms with Gasteiger partial charge in [0.15, 0.2) is 0 Å². The fraction of sp³-hybridized carbons (Fsp3) is 0.444. The van der Waals surface area contributed by atoms with Crippen LogP contribution in [0.15, 0.2) is 48.5 Å². The minimum absolute atomic E-state index is 0. The second kappa shape index (κ2) is 26.5. The van der Waals surface area contributed by atoms with Gasteiger partial charge in [-0.2, -0.15) is 0 Å². The van der Waals surface area contributed by atoms with Crippen LogP contribution in [-0.4, -0.2) is 43.8 Å². The van der Waals surface area contributed by atoms with Gasteiger partial charge in [-0.05, 0) is 87.1 Å². The number of carbonyl (C=O) groups is 3. The number of aliphatic hydroxyl groups is 1. The van der Waals surface area contributed by atoms with Crippen LogP contribution < -0.4 is 9.47 Å². The molecular formula is C27H42O6P2. The van der Waals surface area contributed by atoms with Gasteiger partial charge < -0.3 is 19.4 Å². The Morgan fingerprint density at radius 2 is 1.03 bits per heavy atom.